The number of nitrogens with zero attached hydrogens (tertiary/aromatic N) is 3. The van der Waals surface area contributed by atoms with E-state index in [2.05, 4.69) is 22.3 Å². The molecule has 0 aliphatic rings. The maximum Gasteiger partial charge on any atom is 0.338 e. The SMILES string of the molecule is CC[C@@H](CNC(=O)[C@H](C)OC(=O)c1ccc(-n2cncn2)cc1)c1ccccc1. The molecule has 0 radical (unpaired) electrons. The van der Waals surface area contributed by atoms with E-state index in [-0.39, 0.29) is 11.8 Å². The molecule has 2 atom stereocenters. The summed E-state index contributed by atoms with van der Waals surface area (Å²) >= 11 is 0. The Balaban J connectivity index is 1.53. The number of hydrogen-bond donors (Lipinski definition) is 1. The number of benzene rings is 2. The van der Waals surface area contributed by atoms with Gasteiger partial charge in [-0.2, -0.15) is 5.10 Å². The highest BCUT2D eigenvalue weighted by atomic mass is 16.5. The van der Waals surface area contributed by atoms with E-state index >= 15 is 0 Å². The number of rotatable bonds is 8. The van der Waals surface area contributed by atoms with Crippen molar-refractivity contribution in [1.29, 1.82) is 0 Å². The average Bonchev–Trinajstić information content (AvgIpc) is 3.30. The van der Waals surface area contributed by atoms with Gasteiger partial charge in [-0.25, -0.2) is 14.5 Å². The lowest BCUT2D eigenvalue weighted by Crippen LogP contribution is -2.38. The fourth-order valence-electron chi connectivity index (χ4n) is 2.96. The molecule has 150 valence electrons. The zero-order chi connectivity index (χ0) is 20.6. The Morgan fingerprint density at radius 1 is 1.10 bits per heavy atom. The summed E-state index contributed by atoms with van der Waals surface area (Å²) in [5, 5.41) is 6.91. The molecule has 7 nitrogen and oxygen atoms in total. The zero-order valence-corrected chi connectivity index (χ0v) is 16.5. The Morgan fingerprint density at radius 3 is 2.45 bits per heavy atom. The molecule has 7 heteroatoms. The first-order chi connectivity index (χ1) is 14.1. The maximum absolute atomic E-state index is 12.4. The van der Waals surface area contributed by atoms with Gasteiger partial charge >= 0.3 is 5.97 Å². The van der Waals surface area contributed by atoms with Crippen molar-refractivity contribution in [2.45, 2.75) is 32.3 Å². The Labute approximate surface area is 169 Å². The van der Waals surface area contributed by atoms with Crippen LogP contribution in [0, 0.1) is 0 Å². The topological polar surface area (TPSA) is 86.1 Å². The molecule has 0 spiro atoms. The number of esters is 1. The third-order valence-electron chi connectivity index (χ3n) is 4.73. The van der Waals surface area contributed by atoms with Gasteiger partial charge in [0.2, 0.25) is 0 Å². The van der Waals surface area contributed by atoms with Gasteiger partial charge in [0.15, 0.2) is 6.10 Å². The van der Waals surface area contributed by atoms with Gasteiger partial charge in [0.05, 0.1) is 11.3 Å². The van der Waals surface area contributed by atoms with Gasteiger partial charge in [-0.1, -0.05) is 37.3 Å². The quantitative estimate of drug-likeness (QED) is 0.595. The lowest BCUT2D eigenvalue weighted by Gasteiger charge is -2.18. The molecular formula is C22H24N4O3. The van der Waals surface area contributed by atoms with Crippen LogP contribution in [0.4, 0.5) is 0 Å². The molecule has 0 fully saturated rings. The van der Waals surface area contributed by atoms with Crippen molar-refractivity contribution in [3.63, 3.8) is 0 Å². The minimum absolute atomic E-state index is 0.215. The standard InChI is InChI=1S/C22H24N4O3/c1-3-17(18-7-5-4-6-8-18)13-24-21(27)16(2)29-22(28)19-9-11-20(12-10-19)26-15-23-14-25-26/h4-12,14-17H,3,13H2,1-2H3,(H,24,27)/t16-,17-/m0/s1. The van der Waals surface area contributed by atoms with E-state index in [1.54, 1.807) is 42.2 Å². The number of aromatic nitrogens is 3. The molecule has 0 unspecified atom stereocenters. The van der Waals surface area contributed by atoms with E-state index in [0.29, 0.717) is 12.1 Å². The minimum atomic E-state index is -0.884. The summed E-state index contributed by atoms with van der Waals surface area (Å²) in [6.45, 7) is 4.14. The average molecular weight is 392 g/mol. The number of ether oxygens (including phenoxy) is 1. The Bertz CT molecular complexity index is 924. The maximum atomic E-state index is 12.4. The van der Waals surface area contributed by atoms with E-state index in [4.69, 9.17) is 4.74 Å². The summed E-state index contributed by atoms with van der Waals surface area (Å²) in [7, 11) is 0. The van der Waals surface area contributed by atoms with Gasteiger partial charge in [-0.05, 0) is 43.2 Å². The molecule has 3 aromatic rings. The van der Waals surface area contributed by atoms with Gasteiger partial charge in [-0.3, -0.25) is 4.79 Å². The van der Waals surface area contributed by atoms with E-state index in [1.165, 1.54) is 11.9 Å². The molecular weight excluding hydrogens is 368 g/mol. The number of hydrogen-bond acceptors (Lipinski definition) is 5. The number of carbonyl (C=O) groups is 2. The normalized spacial score (nSPS) is 12.8. The number of nitrogens with one attached hydrogen (secondary N) is 1. The summed E-state index contributed by atoms with van der Waals surface area (Å²) in [5.74, 6) is -0.646. The Morgan fingerprint density at radius 2 is 1.83 bits per heavy atom. The van der Waals surface area contributed by atoms with Gasteiger partial charge in [0.1, 0.15) is 12.7 Å². The van der Waals surface area contributed by atoms with Crippen LogP contribution in [0.25, 0.3) is 5.69 Å². The largest absolute Gasteiger partial charge is 0.449 e. The summed E-state index contributed by atoms with van der Waals surface area (Å²) < 4.78 is 6.90. The molecule has 3 rings (SSSR count). The summed E-state index contributed by atoms with van der Waals surface area (Å²) in [5.41, 5.74) is 2.31. The monoisotopic (exact) mass is 392 g/mol. The summed E-state index contributed by atoms with van der Waals surface area (Å²) in [4.78, 5) is 28.6. The van der Waals surface area contributed by atoms with Crippen molar-refractivity contribution in [2.75, 3.05) is 6.54 Å². The van der Waals surface area contributed by atoms with Crippen LogP contribution in [-0.4, -0.2) is 39.3 Å². The lowest BCUT2D eigenvalue weighted by atomic mass is 9.96. The molecule has 2 aromatic carbocycles. The van der Waals surface area contributed by atoms with E-state index in [9.17, 15) is 9.59 Å². The molecule has 0 saturated carbocycles. The van der Waals surface area contributed by atoms with Gasteiger partial charge in [0, 0.05) is 12.5 Å². The second kappa shape index (κ2) is 9.64. The van der Waals surface area contributed by atoms with E-state index in [0.717, 1.165) is 12.1 Å². The molecule has 1 amide bonds. The van der Waals surface area contributed by atoms with Gasteiger partial charge < -0.3 is 10.1 Å². The molecule has 0 aliphatic heterocycles. The van der Waals surface area contributed by atoms with E-state index < -0.39 is 12.1 Å². The second-order valence-electron chi connectivity index (χ2n) is 6.70. The van der Waals surface area contributed by atoms with Crippen LogP contribution in [-0.2, 0) is 9.53 Å². The smallest absolute Gasteiger partial charge is 0.338 e. The van der Waals surface area contributed by atoms with Crippen LogP contribution in [0.1, 0.15) is 42.1 Å². The molecule has 0 bridgehead atoms. The molecule has 1 heterocycles. The first-order valence-electron chi connectivity index (χ1n) is 9.57. The van der Waals surface area contributed by atoms with Crippen molar-refractivity contribution < 1.29 is 14.3 Å². The fourth-order valence-corrected chi connectivity index (χ4v) is 2.96. The number of amides is 1. The predicted octanol–water partition coefficient (Wildman–Crippen LogP) is 3.12. The Hall–Kier alpha value is -3.48. The fraction of sp³-hybridized carbons (Fsp3) is 0.273. The first kappa shape index (κ1) is 20.3. The van der Waals surface area contributed by atoms with Crippen LogP contribution >= 0.6 is 0 Å². The summed E-state index contributed by atoms with van der Waals surface area (Å²) in [6.07, 6.45) is 3.02. The van der Waals surface area contributed by atoms with Crippen LogP contribution < -0.4 is 5.32 Å². The van der Waals surface area contributed by atoms with Crippen LogP contribution in [0.3, 0.4) is 0 Å². The minimum Gasteiger partial charge on any atom is -0.449 e. The second-order valence-corrected chi connectivity index (χ2v) is 6.70. The lowest BCUT2D eigenvalue weighted by molar-refractivity contribution is -0.129. The van der Waals surface area contributed by atoms with Crippen LogP contribution in [0.15, 0.2) is 67.3 Å². The predicted molar refractivity (Wildman–Crippen MR) is 109 cm³/mol. The van der Waals surface area contributed by atoms with Crippen molar-refractivity contribution >= 4 is 11.9 Å². The number of carbonyl (C=O) groups excluding carboxylic acids is 2. The third-order valence-corrected chi connectivity index (χ3v) is 4.73. The van der Waals surface area contributed by atoms with Crippen molar-refractivity contribution in [2.24, 2.45) is 0 Å². The molecule has 29 heavy (non-hydrogen) atoms. The van der Waals surface area contributed by atoms with Crippen LogP contribution in [0.2, 0.25) is 0 Å². The molecule has 0 saturated heterocycles. The Kier molecular flexibility index (Phi) is 6.73. The van der Waals surface area contributed by atoms with Crippen molar-refractivity contribution in [1.82, 2.24) is 20.1 Å². The summed E-state index contributed by atoms with van der Waals surface area (Å²) in [6, 6.07) is 16.8. The third kappa shape index (κ3) is 5.28. The van der Waals surface area contributed by atoms with Gasteiger partial charge in [0.25, 0.3) is 5.91 Å². The van der Waals surface area contributed by atoms with Crippen molar-refractivity contribution in [3.05, 3.63) is 78.4 Å². The molecule has 1 N–H and O–H groups in total. The zero-order valence-electron chi connectivity index (χ0n) is 16.5. The molecule has 0 aliphatic carbocycles. The van der Waals surface area contributed by atoms with Crippen LogP contribution in [0.5, 0.6) is 0 Å². The highest BCUT2D eigenvalue weighted by Crippen LogP contribution is 2.18. The van der Waals surface area contributed by atoms with Crippen molar-refractivity contribution in [3.8, 4) is 5.69 Å². The van der Waals surface area contributed by atoms with E-state index in [1.807, 2.05) is 30.3 Å². The first-order valence-corrected chi connectivity index (χ1v) is 9.57. The highest BCUT2D eigenvalue weighted by molar-refractivity contribution is 5.92. The molecule has 1 aromatic heterocycles. The van der Waals surface area contributed by atoms with Gasteiger partial charge in [-0.15, -0.1) is 0 Å². The highest BCUT2D eigenvalue weighted by Gasteiger charge is 2.20.